The van der Waals surface area contributed by atoms with E-state index in [1.165, 1.54) is 5.56 Å². The lowest BCUT2D eigenvalue weighted by atomic mass is 9.60. The summed E-state index contributed by atoms with van der Waals surface area (Å²) in [5.74, 6) is 0.821. The number of piperidine rings is 1. The summed E-state index contributed by atoms with van der Waals surface area (Å²) in [6.07, 6.45) is 10.0. The highest BCUT2D eigenvalue weighted by molar-refractivity contribution is 7.90. The van der Waals surface area contributed by atoms with Gasteiger partial charge in [0, 0.05) is 30.2 Å². The molecule has 2 aromatic rings. The van der Waals surface area contributed by atoms with Crippen LogP contribution in [0, 0.1) is 23.7 Å². The molecule has 1 aliphatic carbocycles. The average Bonchev–Trinajstić information content (AvgIpc) is 3.05. The Morgan fingerprint density at radius 2 is 1.81 bits per heavy atom. The predicted molar refractivity (Wildman–Crippen MR) is 192 cm³/mol. The lowest BCUT2D eigenvalue weighted by molar-refractivity contribution is -0.106. The first-order valence-electron chi connectivity index (χ1n) is 18.2. The number of amides is 1. The molecule has 2 bridgehead atoms. The van der Waals surface area contributed by atoms with E-state index in [-0.39, 0.29) is 11.8 Å². The van der Waals surface area contributed by atoms with Crippen LogP contribution in [0.4, 0.5) is 5.69 Å². The lowest BCUT2D eigenvalue weighted by Gasteiger charge is -2.51. The van der Waals surface area contributed by atoms with Crippen LogP contribution in [0.2, 0.25) is 5.02 Å². The summed E-state index contributed by atoms with van der Waals surface area (Å²) in [7, 11) is -1.74. The van der Waals surface area contributed by atoms with Gasteiger partial charge in [-0.3, -0.25) is 4.79 Å². The molecule has 4 aliphatic rings. The molecule has 2 N–H and O–H groups in total. The van der Waals surface area contributed by atoms with Crippen LogP contribution in [0.15, 0.2) is 36.4 Å². The van der Waals surface area contributed by atoms with Gasteiger partial charge in [0.2, 0.25) is 10.0 Å². The summed E-state index contributed by atoms with van der Waals surface area (Å²) in [6.45, 7) is 7.63. The number of aliphatic hydroxyl groups is 1. The number of carbonyl (C=O) groups is 1. The molecule has 0 spiro atoms. The normalized spacial score (nSPS) is 32.0. The smallest absolute Gasteiger partial charge is 0.264 e. The van der Waals surface area contributed by atoms with E-state index in [1.807, 2.05) is 25.1 Å². The summed E-state index contributed by atoms with van der Waals surface area (Å²) >= 11 is 6.37. The standard InChI is InChI=1S/C38H54ClN3O5S/c1-26-8-6-17-38(44,22-28-9-7-18-41(3)23-28)34-15-12-31(34)24-42-19-5-4-10-29-20-33(39)14-11-32(29)25-47-36-16-13-30(21-35(36)42)37(43)40-48(45,46)27(26)2/h11,13-14,16,20-21,26-28,31,34,44H,4-10,12,15,17-19,22-25H2,1-3H3,(H,40,43)/t26-,27+,28+,31-,34+,38-/m0/s1. The third-order valence-electron chi connectivity index (χ3n) is 12.0. The number of likely N-dealkylation sites (tertiary alicyclic amines) is 1. The van der Waals surface area contributed by atoms with E-state index >= 15 is 0 Å². The molecule has 2 aromatic carbocycles. The zero-order chi connectivity index (χ0) is 34.1. The Morgan fingerprint density at radius 3 is 2.58 bits per heavy atom. The van der Waals surface area contributed by atoms with E-state index in [0.717, 1.165) is 95.2 Å². The topological polar surface area (TPSA) is 99.2 Å². The number of nitrogens with one attached hydrogen (secondary N) is 1. The molecule has 264 valence electrons. The summed E-state index contributed by atoms with van der Waals surface area (Å²) in [5, 5.41) is 12.6. The Morgan fingerprint density at radius 1 is 0.979 bits per heavy atom. The number of rotatable bonds is 2. The third-order valence-corrected chi connectivity index (χ3v) is 14.1. The maximum Gasteiger partial charge on any atom is 0.264 e. The van der Waals surface area contributed by atoms with E-state index in [2.05, 4.69) is 21.6 Å². The van der Waals surface area contributed by atoms with Crippen LogP contribution < -0.4 is 14.4 Å². The third kappa shape index (κ3) is 8.00. The number of sulfonamides is 1. The zero-order valence-corrected chi connectivity index (χ0v) is 30.5. The molecular weight excluding hydrogens is 646 g/mol. The van der Waals surface area contributed by atoms with Crippen molar-refractivity contribution in [2.75, 3.05) is 38.1 Å². The second kappa shape index (κ2) is 14.9. The van der Waals surface area contributed by atoms with Gasteiger partial charge in [0.25, 0.3) is 5.91 Å². The Hall–Kier alpha value is -2.33. The van der Waals surface area contributed by atoms with Gasteiger partial charge < -0.3 is 19.6 Å². The fourth-order valence-electron chi connectivity index (χ4n) is 8.79. The molecule has 10 heteroatoms. The van der Waals surface area contributed by atoms with Gasteiger partial charge in [0.15, 0.2) is 0 Å². The Labute approximate surface area is 292 Å². The van der Waals surface area contributed by atoms with Gasteiger partial charge in [-0.2, -0.15) is 0 Å². The molecule has 1 amide bonds. The maximum atomic E-state index is 13.5. The molecule has 1 saturated heterocycles. The predicted octanol–water partition coefficient (Wildman–Crippen LogP) is 6.82. The summed E-state index contributed by atoms with van der Waals surface area (Å²) < 4.78 is 35.8. The Bertz CT molecular complexity index is 1570. The van der Waals surface area contributed by atoms with E-state index in [4.69, 9.17) is 16.3 Å². The molecule has 3 aliphatic heterocycles. The fraction of sp³-hybridized carbons (Fsp3) is 0.658. The average molecular weight is 700 g/mol. The SMILES string of the molecule is C[C@@H]1[C@@H](C)CCC[C@](O)(C[C@H]2CCCN(C)C2)[C@@H]2CC[C@H]2CN2CCCCc3cc(Cl)ccc3COc3ccc(cc32)C(=O)NS1(=O)=O. The number of hydrogen-bond acceptors (Lipinski definition) is 7. The maximum absolute atomic E-state index is 13.5. The zero-order valence-electron chi connectivity index (χ0n) is 28.9. The van der Waals surface area contributed by atoms with Gasteiger partial charge in [-0.25, -0.2) is 13.1 Å². The minimum absolute atomic E-state index is 0.167. The molecule has 0 unspecified atom stereocenters. The van der Waals surface area contributed by atoms with Crippen molar-refractivity contribution in [3.05, 3.63) is 58.1 Å². The van der Waals surface area contributed by atoms with Crippen molar-refractivity contribution in [1.29, 1.82) is 0 Å². The minimum atomic E-state index is -3.93. The van der Waals surface area contributed by atoms with Crippen molar-refractivity contribution in [3.63, 3.8) is 0 Å². The second-order valence-corrected chi connectivity index (χ2v) is 17.8. The quantitative estimate of drug-likeness (QED) is 0.355. The molecule has 1 saturated carbocycles. The first-order chi connectivity index (χ1) is 22.9. The van der Waals surface area contributed by atoms with Crippen LogP contribution in [-0.2, 0) is 23.1 Å². The van der Waals surface area contributed by atoms with E-state index in [0.29, 0.717) is 47.6 Å². The number of aryl methyl sites for hydroxylation is 1. The molecule has 3 heterocycles. The van der Waals surface area contributed by atoms with E-state index in [9.17, 15) is 18.3 Å². The van der Waals surface area contributed by atoms with Gasteiger partial charge in [-0.15, -0.1) is 0 Å². The highest BCUT2D eigenvalue weighted by atomic mass is 35.5. The number of benzene rings is 2. The highest BCUT2D eigenvalue weighted by Crippen LogP contribution is 2.49. The van der Waals surface area contributed by atoms with Crippen LogP contribution >= 0.6 is 11.6 Å². The molecule has 6 atom stereocenters. The van der Waals surface area contributed by atoms with Crippen molar-refractivity contribution in [3.8, 4) is 5.75 Å². The van der Waals surface area contributed by atoms with E-state index in [1.54, 1.807) is 25.1 Å². The number of ether oxygens (including phenoxy) is 1. The van der Waals surface area contributed by atoms with Crippen LogP contribution in [0.5, 0.6) is 5.75 Å². The number of halogens is 1. The van der Waals surface area contributed by atoms with Crippen molar-refractivity contribution in [2.45, 2.75) is 102 Å². The molecule has 48 heavy (non-hydrogen) atoms. The number of anilines is 1. The minimum Gasteiger partial charge on any atom is -0.487 e. The largest absolute Gasteiger partial charge is 0.487 e. The number of hydrogen-bond donors (Lipinski definition) is 2. The van der Waals surface area contributed by atoms with Crippen LogP contribution in [0.3, 0.4) is 0 Å². The molecular formula is C38H54ClN3O5S. The van der Waals surface area contributed by atoms with Gasteiger partial charge >= 0.3 is 0 Å². The number of nitrogens with zero attached hydrogens (tertiary/aromatic N) is 2. The van der Waals surface area contributed by atoms with Gasteiger partial charge in [-0.1, -0.05) is 31.0 Å². The summed E-state index contributed by atoms with van der Waals surface area (Å²) in [6, 6.07) is 11.2. The lowest BCUT2D eigenvalue weighted by Crippen LogP contribution is -2.52. The highest BCUT2D eigenvalue weighted by Gasteiger charge is 2.48. The fourth-order valence-corrected chi connectivity index (χ4v) is 10.3. The summed E-state index contributed by atoms with van der Waals surface area (Å²) in [5.41, 5.74) is 2.57. The molecule has 0 aromatic heterocycles. The number of fused-ring (bicyclic) bond motifs is 3. The number of carbonyl (C=O) groups excluding carboxylic acids is 1. The van der Waals surface area contributed by atoms with Crippen molar-refractivity contribution >= 4 is 33.2 Å². The van der Waals surface area contributed by atoms with Crippen LogP contribution in [0.25, 0.3) is 0 Å². The second-order valence-electron chi connectivity index (χ2n) is 15.4. The molecule has 8 nitrogen and oxygen atoms in total. The Kier molecular flexibility index (Phi) is 11.0. The molecule has 6 rings (SSSR count). The monoisotopic (exact) mass is 699 g/mol. The van der Waals surface area contributed by atoms with Crippen molar-refractivity contribution < 1.29 is 23.1 Å². The van der Waals surface area contributed by atoms with Gasteiger partial charge in [0.1, 0.15) is 12.4 Å². The van der Waals surface area contributed by atoms with Crippen LogP contribution in [0.1, 0.15) is 99.5 Å². The van der Waals surface area contributed by atoms with Gasteiger partial charge in [0.05, 0.1) is 16.5 Å². The Balaban J connectivity index is 1.37. The molecule has 2 fully saturated rings. The molecule has 0 radical (unpaired) electrons. The van der Waals surface area contributed by atoms with Crippen LogP contribution in [-0.4, -0.2) is 68.4 Å². The van der Waals surface area contributed by atoms with Crippen molar-refractivity contribution in [2.24, 2.45) is 23.7 Å². The van der Waals surface area contributed by atoms with Crippen molar-refractivity contribution in [1.82, 2.24) is 9.62 Å². The van der Waals surface area contributed by atoms with E-state index < -0.39 is 26.8 Å². The first-order valence-corrected chi connectivity index (χ1v) is 20.1. The van der Waals surface area contributed by atoms with Gasteiger partial charge in [-0.05, 0) is 150 Å². The summed E-state index contributed by atoms with van der Waals surface area (Å²) in [4.78, 5) is 18.2. The first kappa shape index (κ1) is 35.5.